The van der Waals surface area contributed by atoms with Gasteiger partial charge in [-0.05, 0) is 44.6 Å². The van der Waals surface area contributed by atoms with E-state index in [-0.39, 0.29) is 10.7 Å². The van der Waals surface area contributed by atoms with E-state index in [1.54, 1.807) is 15.9 Å². The predicted molar refractivity (Wildman–Crippen MR) is 77.3 cm³/mol. The van der Waals surface area contributed by atoms with Gasteiger partial charge < -0.3 is 0 Å². The summed E-state index contributed by atoms with van der Waals surface area (Å²) in [4.78, 5) is 16.9. The van der Waals surface area contributed by atoms with Crippen molar-refractivity contribution in [3.05, 3.63) is 46.2 Å². The first kappa shape index (κ1) is 12.5. The van der Waals surface area contributed by atoms with E-state index in [9.17, 15) is 4.79 Å². The van der Waals surface area contributed by atoms with Gasteiger partial charge in [0.05, 0.1) is 12.9 Å². The van der Waals surface area contributed by atoms with Crippen LogP contribution in [-0.2, 0) is 6.54 Å². The molecule has 2 aromatic rings. The number of hydrogen-bond acceptors (Lipinski definition) is 3. The van der Waals surface area contributed by atoms with Gasteiger partial charge in [0.1, 0.15) is 8.72 Å². The lowest BCUT2D eigenvalue weighted by Crippen LogP contribution is -2.23. The molecule has 2 heterocycles. The van der Waals surface area contributed by atoms with Crippen LogP contribution in [0, 0.1) is 3.57 Å². The second-order valence-corrected chi connectivity index (χ2v) is 6.36. The molecule has 3 nitrogen and oxygen atoms in total. The van der Waals surface area contributed by atoms with Gasteiger partial charge in [0, 0.05) is 14.7 Å². The van der Waals surface area contributed by atoms with Gasteiger partial charge in [-0.2, -0.15) is 0 Å². The molecule has 0 saturated carbocycles. The molecule has 0 radical (unpaired) electrons. The molecule has 16 heavy (non-hydrogen) atoms. The van der Waals surface area contributed by atoms with Gasteiger partial charge in [-0.15, -0.1) is 11.3 Å². The topological polar surface area (TPSA) is 34.9 Å². The highest BCUT2D eigenvalue weighted by atomic mass is 127. The number of halogens is 3. The molecule has 0 spiro atoms. The Morgan fingerprint density at radius 2 is 2.38 bits per heavy atom. The van der Waals surface area contributed by atoms with Crippen molar-refractivity contribution in [2.75, 3.05) is 0 Å². The summed E-state index contributed by atoms with van der Waals surface area (Å²) in [7, 11) is 0. The van der Waals surface area contributed by atoms with E-state index in [0.29, 0.717) is 10.1 Å². The summed E-state index contributed by atoms with van der Waals surface area (Å²) in [5.41, 5.74) is -0.106. The summed E-state index contributed by atoms with van der Waals surface area (Å²) in [5, 5.41) is 2.24. The molecule has 2 rings (SSSR count). The highest BCUT2D eigenvalue weighted by Gasteiger charge is 2.07. The van der Waals surface area contributed by atoms with E-state index in [2.05, 4.69) is 20.9 Å². The van der Waals surface area contributed by atoms with Gasteiger partial charge in [-0.25, -0.2) is 4.98 Å². The predicted octanol–water partition coefficient (Wildman–Crippen LogP) is 3.37. The lowest BCUT2D eigenvalue weighted by Gasteiger charge is -2.03. The van der Waals surface area contributed by atoms with E-state index in [1.165, 1.54) is 6.33 Å². The van der Waals surface area contributed by atoms with Gasteiger partial charge in [0.15, 0.2) is 0 Å². The molecule has 2 aromatic heterocycles. The van der Waals surface area contributed by atoms with Crippen molar-refractivity contribution in [2.45, 2.75) is 6.54 Å². The zero-order valence-electron chi connectivity index (χ0n) is 7.78. The number of nitrogens with zero attached hydrogens (tertiary/aromatic N) is 2. The normalized spacial score (nSPS) is 10.7. The summed E-state index contributed by atoms with van der Waals surface area (Å²) < 4.78 is 3.03. The van der Waals surface area contributed by atoms with Crippen LogP contribution in [0.2, 0.25) is 5.15 Å². The Bertz CT molecular complexity index is 583. The maximum Gasteiger partial charge on any atom is 0.268 e. The van der Waals surface area contributed by atoms with Crippen LogP contribution in [0.15, 0.2) is 27.0 Å². The summed E-state index contributed by atoms with van der Waals surface area (Å²) in [5.74, 6) is 0. The van der Waals surface area contributed by atoms with Crippen molar-refractivity contribution >= 4 is 61.5 Å². The Kier molecular flexibility index (Phi) is 4.04. The van der Waals surface area contributed by atoms with Crippen LogP contribution in [-0.4, -0.2) is 9.55 Å². The first-order valence-electron chi connectivity index (χ1n) is 4.21. The monoisotopic (exact) mass is 430 g/mol. The van der Waals surface area contributed by atoms with Gasteiger partial charge in [0.25, 0.3) is 5.56 Å². The Hall–Kier alpha value is 0.0800. The summed E-state index contributed by atoms with van der Waals surface area (Å²) in [6, 6.07) is 1.98. The SMILES string of the molecule is O=c1c(I)c(Cl)ncn1Cc1cc(Br)cs1. The minimum absolute atomic E-state index is 0.106. The molecule has 0 N–H and O–H groups in total. The van der Waals surface area contributed by atoms with Crippen LogP contribution in [0.1, 0.15) is 4.88 Å². The highest BCUT2D eigenvalue weighted by Crippen LogP contribution is 2.20. The first-order chi connectivity index (χ1) is 7.58. The third-order valence-corrected chi connectivity index (χ3v) is 5.15. The molecule has 0 aromatic carbocycles. The fourth-order valence-corrected chi connectivity index (χ4v) is 3.18. The number of rotatable bonds is 2. The number of hydrogen-bond donors (Lipinski definition) is 0. The highest BCUT2D eigenvalue weighted by molar-refractivity contribution is 14.1. The summed E-state index contributed by atoms with van der Waals surface area (Å²) in [6.45, 7) is 0.523. The molecule has 0 atom stereocenters. The van der Waals surface area contributed by atoms with Crippen LogP contribution < -0.4 is 5.56 Å². The molecule has 7 heteroatoms. The van der Waals surface area contributed by atoms with Gasteiger partial charge in [0.2, 0.25) is 0 Å². The fraction of sp³-hybridized carbons (Fsp3) is 0.111. The fourth-order valence-electron chi connectivity index (χ4n) is 1.16. The van der Waals surface area contributed by atoms with Gasteiger partial charge in [-0.1, -0.05) is 11.6 Å². The van der Waals surface area contributed by atoms with Crippen LogP contribution >= 0.6 is 61.5 Å². The minimum Gasteiger partial charge on any atom is -0.293 e. The molecular formula is C9H5BrClIN2OS. The molecule has 0 unspecified atom stereocenters. The lowest BCUT2D eigenvalue weighted by atomic mass is 10.4. The first-order valence-corrected chi connectivity index (χ1v) is 7.34. The lowest BCUT2D eigenvalue weighted by molar-refractivity contribution is 0.739. The third kappa shape index (κ3) is 2.66. The van der Waals surface area contributed by atoms with E-state index >= 15 is 0 Å². The standard InChI is InChI=1S/C9H5BrClIN2OS/c10-5-1-6(16-3-5)2-14-4-13-8(11)7(12)9(14)15/h1,3-4H,2H2. The zero-order chi connectivity index (χ0) is 11.7. The number of thiophene rings is 1. The van der Waals surface area contributed by atoms with Gasteiger partial charge >= 0.3 is 0 Å². The molecule has 0 aliphatic rings. The Balaban J connectivity index is 2.36. The average molecular weight is 431 g/mol. The molecule has 0 bridgehead atoms. The second kappa shape index (κ2) is 5.16. The Morgan fingerprint density at radius 3 is 3.00 bits per heavy atom. The zero-order valence-corrected chi connectivity index (χ0v) is 13.1. The molecular weight excluding hydrogens is 426 g/mol. The quantitative estimate of drug-likeness (QED) is 0.540. The third-order valence-electron chi connectivity index (χ3n) is 1.89. The van der Waals surface area contributed by atoms with E-state index in [4.69, 9.17) is 11.6 Å². The van der Waals surface area contributed by atoms with E-state index in [1.807, 2.05) is 34.0 Å². The van der Waals surface area contributed by atoms with Crippen molar-refractivity contribution in [2.24, 2.45) is 0 Å². The van der Waals surface area contributed by atoms with Gasteiger partial charge in [-0.3, -0.25) is 9.36 Å². The van der Waals surface area contributed by atoms with Crippen LogP contribution in [0.3, 0.4) is 0 Å². The van der Waals surface area contributed by atoms with Crippen LogP contribution in [0.25, 0.3) is 0 Å². The van der Waals surface area contributed by atoms with Crippen LogP contribution in [0.4, 0.5) is 0 Å². The second-order valence-electron chi connectivity index (χ2n) is 3.01. The maximum atomic E-state index is 11.8. The van der Waals surface area contributed by atoms with Crippen molar-refractivity contribution < 1.29 is 0 Å². The minimum atomic E-state index is -0.106. The molecule has 0 aliphatic heterocycles. The molecule has 0 aliphatic carbocycles. The molecule has 0 saturated heterocycles. The largest absolute Gasteiger partial charge is 0.293 e. The molecule has 84 valence electrons. The maximum absolute atomic E-state index is 11.8. The molecule has 0 fully saturated rings. The van der Waals surface area contributed by atoms with Crippen molar-refractivity contribution in [3.63, 3.8) is 0 Å². The van der Waals surface area contributed by atoms with Crippen molar-refractivity contribution in [3.8, 4) is 0 Å². The van der Waals surface area contributed by atoms with Crippen molar-refractivity contribution in [1.82, 2.24) is 9.55 Å². The smallest absolute Gasteiger partial charge is 0.268 e. The average Bonchev–Trinajstić information content (AvgIpc) is 2.65. The van der Waals surface area contributed by atoms with E-state index < -0.39 is 0 Å². The van der Waals surface area contributed by atoms with Crippen molar-refractivity contribution in [1.29, 1.82) is 0 Å². The Morgan fingerprint density at radius 1 is 1.62 bits per heavy atom. The Labute approximate surface area is 123 Å². The summed E-state index contributed by atoms with van der Waals surface area (Å²) in [6.07, 6.45) is 1.47. The number of aromatic nitrogens is 2. The van der Waals surface area contributed by atoms with E-state index in [0.717, 1.165) is 9.35 Å². The summed E-state index contributed by atoms with van der Waals surface area (Å²) >= 11 is 12.6. The van der Waals surface area contributed by atoms with Crippen LogP contribution in [0.5, 0.6) is 0 Å². The molecule has 0 amide bonds.